The molecule has 0 unspecified atom stereocenters. The molecule has 0 radical (unpaired) electrons. The molecular weight excluding hydrogens is 458 g/mol. The zero-order chi connectivity index (χ0) is 23.3. The molecule has 0 amide bonds. The third-order valence-electron chi connectivity index (χ3n) is 6.49. The molecule has 5 rings (SSSR count). The van der Waals surface area contributed by atoms with E-state index in [1.165, 1.54) is 32.1 Å². The van der Waals surface area contributed by atoms with Crippen molar-refractivity contribution in [1.82, 2.24) is 19.7 Å². The van der Waals surface area contributed by atoms with Crippen LogP contribution in [-0.2, 0) is 11.3 Å². The topological polar surface area (TPSA) is 74.1 Å². The average molecular weight is 494 g/mol. The minimum atomic E-state index is 0. The van der Waals surface area contributed by atoms with Gasteiger partial charge in [-0.05, 0) is 43.9 Å². The lowest BCUT2D eigenvalue weighted by Crippen LogP contribution is -2.27. The number of rotatable bonds is 9. The third-order valence-corrected chi connectivity index (χ3v) is 7.44. The molecule has 1 aliphatic carbocycles. The van der Waals surface area contributed by atoms with Gasteiger partial charge >= 0.3 is 0 Å². The van der Waals surface area contributed by atoms with Gasteiger partial charge in [-0.2, -0.15) is 5.10 Å². The molecule has 0 bridgehead atoms. The molecule has 0 spiro atoms. The van der Waals surface area contributed by atoms with Gasteiger partial charge in [0.1, 0.15) is 11.5 Å². The second-order valence-corrected chi connectivity index (χ2v) is 9.97. The van der Waals surface area contributed by atoms with Gasteiger partial charge in [0.25, 0.3) is 0 Å². The lowest BCUT2D eigenvalue weighted by molar-refractivity contribution is 0.183. The van der Waals surface area contributed by atoms with Gasteiger partial charge in [-0.25, -0.2) is 4.98 Å². The first-order valence-corrected chi connectivity index (χ1v) is 12.8. The minimum Gasteiger partial charge on any atom is -0.457 e. The van der Waals surface area contributed by atoms with Gasteiger partial charge in [-0.3, -0.25) is 9.67 Å². The number of nitrogens with one attached hydrogen (secondary N) is 1. The van der Waals surface area contributed by atoms with Crippen molar-refractivity contribution in [3.63, 3.8) is 0 Å². The molecule has 0 saturated heterocycles. The normalized spacial score (nSPS) is 15.0. The average Bonchev–Trinajstić information content (AvgIpc) is 3.50. The smallest absolute Gasteiger partial charge is 0.184 e. The molecule has 1 aromatic carbocycles. The van der Waals surface area contributed by atoms with Crippen LogP contribution in [0.15, 0.2) is 48.9 Å². The number of ether oxygens (including phenoxy) is 2. The first-order valence-electron chi connectivity index (χ1n) is 12.0. The van der Waals surface area contributed by atoms with Crippen LogP contribution in [0.4, 0.5) is 5.13 Å². The van der Waals surface area contributed by atoms with Crippen LogP contribution in [0, 0.1) is 5.92 Å². The standard InChI is InChI=1S/C26H31N5O2S.CH4/c1-18(19-6-4-3-5-7-19)29-26-30-23-9-8-21(15-25(23)34-26)33-22-10-11-27-24(14-22)20-16-28-31(17-20)12-13-32-2;/h8-11,14-19H,3-7,12-13H2,1-2H3,(H,29,30);1H4/t18-;/m0./s1. The summed E-state index contributed by atoms with van der Waals surface area (Å²) in [7, 11) is 1.69. The first-order chi connectivity index (χ1) is 16.7. The van der Waals surface area contributed by atoms with Gasteiger partial charge in [-0.15, -0.1) is 0 Å². The van der Waals surface area contributed by atoms with Crippen molar-refractivity contribution in [2.24, 2.45) is 5.92 Å². The van der Waals surface area contributed by atoms with Crippen LogP contribution in [0.25, 0.3) is 21.5 Å². The van der Waals surface area contributed by atoms with E-state index >= 15 is 0 Å². The fraction of sp³-hybridized carbons (Fsp3) is 0.444. The predicted molar refractivity (Wildman–Crippen MR) is 143 cm³/mol. The third kappa shape index (κ3) is 6.18. The van der Waals surface area contributed by atoms with Crippen molar-refractivity contribution in [1.29, 1.82) is 0 Å². The Morgan fingerprint density at radius 3 is 2.80 bits per heavy atom. The summed E-state index contributed by atoms with van der Waals surface area (Å²) in [4.78, 5) is 9.28. The van der Waals surface area contributed by atoms with Crippen molar-refractivity contribution in [3.05, 3.63) is 48.9 Å². The molecule has 8 heteroatoms. The number of hydrogen-bond donors (Lipinski definition) is 1. The fourth-order valence-electron chi connectivity index (χ4n) is 4.55. The summed E-state index contributed by atoms with van der Waals surface area (Å²) in [6.07, 6.45) is 12.3. The summed E-state index contributed by atoms with van der Waals surface area (Å²) in [5.41, 5.74) is 2.76. The molecular formula is C27H35N5O2S. The highest BCUT2D eigenvalue weighted by molar-refractivity contribution is 7.22. The number of hydrogen-bond acceptors (Lipinski definition) is 7. The van der Waals surface area contributed by atoms with Gasteiger partial charge in [0, 0.05) is 43.2 Å². The predicted octanol–water partition coefficient (Wildman–Crippen LogP) is 7.01. The molecule has 186 valence electrons. The van der Waals surface area contributed by atoms with Gasteiger partial charge in [0.05, 0.1) is 35.3 Å². The Morgan fingerprint density at radius 1 is 1.14 bits per heavy atom. The first kappa shape index (κ1) is 25.1. The van der Waals surface area contributed by atoms with E-state index in [0.29, 0.717) is 19.2 Å². The van der Waals surface area contributed by atoms with Crippen LogP contribution in [0.5, 0.6) is 11.5 Å². The Balaban J connectivity index is 0.00000289. The highest BCUT2D eigenvalue weighted by Gasteiger charge is 2.21. The number of pyridine rings is 1. The molecule has 35 heavy (non-hydrogen) atoms. The number of aromatic nitrogens is 4. The zero-order valence-electron chi connectivity index (χ0n) is 19.7. The lowest BCUT2D eigenvalue weighted by atomic mass is 9.85. The van der Waals surface area contributed by atoms with E-state index in [-0.39, 0.29) is 7.43 Å². The summed E-state index contributed by atoms with van der Waals surface area (Å²) in [5.74, 6) is 2.27. The maximum atomic E-state index is 6.18. The summed E-state index contributed by atoms with van der Waals surface area (Å²) < 4.78 is 14.3. The molecule has 1 saturated carbocycles. The van der Waals surface area contributed by atoms with E-state index in [4.69, 9.17) is 14.5 Å². The van der Waals surface area contributed by atoms with Crippen molar-refractivity contribution < 1.29 is 9.47 Å². The van der Waals surface area contributed by atoms with Crippen molar-refractivity contribution >= 4 is 26.7 Å². The van der Waals surface area contributed by atoms with E-state index in [1.807, 2.05) is 41.3 Å². The SMILES string of the molecule is C.COCCn1cc(-c2cc(Oc3ccc4nc(N[C@@H](C)C5CCCCC5)sc4c3)ccn2)cn1. The summed E-state index contributed by atoms with van der Waals surface area (Å²) in [6.45, 7) is 3.62. The zero-order valence-corrected chi connectivity index (χ0v) is 20.6. The van der Waals surface area contributed by atoms with Crippen molar-refractivity contribution in [2.75, 3.05) is 19.0 Å². The maximum absolute atomic E-state index is 6.18. The molecule has 4 aromatic rings. The van der Waals surface area contributed by atoms with E-state index in [0.717, 1.165) is 44.0 Å². The summed E-state index contributed by atoms with van der Waals surface area (Å²) in [5, 5.41) is 9.02. The maximum Gasteiger partial charge on any atom is 0.184 e. The Hall–Kier alpha value is -2.97. The molecule has 1 atom stereocenters. The van der Waals surface area contributed by atoms with E-state index < -0.39 is 0 Å². The molecule has 3 heterocycles. The largest absolute Gasteiger partial charge is 0.457 e. The van der Waals surface area contributed by atoms with E-state index in [9.17, 15) is 0 Å². The molecule has 1 aliphatic rings. The van der Waals surface area contributed by atoms with Crippen LogP contribution in [0.1, 0.15) is 46.5 Å². The highest BCUT2D eigenvalue weighted by atomic mass is 32.1. The number of benzene rings is 1. The van der Waals surface area contributed by atoms with Gasteiger partial charge in [0.2, 0.25) is 0 Å². The van der Waals surface area contributed by atoms with Crippen LogP contribution >= 0.6 is 11.3 Å². The van der Waals surface area contributed by atoms with E-state index in [2.05, 4.69) is 28.4 Å². The van der Waals surface area contributed by atoms with Gasteiger partial charge in [0.15, 0.2) is 5.13 Å². The Labute approximate surface area is 211 Å². The second kappa shape index (κ2) is 11.6. The van der Waals surface area contributed by atoms with Crippen LogP contribution in [0.3, 0.4) is 0 Å². The highest BCUT2D eigenvalue weighted by Crippen LogP contribution is 2.34. The van der Waals surface area contributed by atoms with Crippen LogP contribution in [-0.4, -0.2) is 39.5 Å². The number of fused-ring (bicyclic) bond motifs is 1. The summed E-state index contributed by atoms with van der Waals surface area (Å²) >= 11 is 1.69. The second-order valence-electron chi connectivity index (χ2n) is 8.94. The van der Waals surface area contributed by atoms with Gasteiger partial charge < -0.3 is 14.8 Å². The Morgan fingerprint density at radius 2 is 1.97 bits per heavy atom. The monoisotopic (exact) mass is 493 g/mol. The molecule has 7 nitrogen and oxygen atoms in total. The Kier molecular flexibility index (Phi) is 8.36. The Bertz CT molecular complexity index is 1230. The number of methoxy groups -OCH3 is 1. The van der Waals surface area contributed by atoms with Crippen LogP contribution in [0.2, 0.25) is 0 Å². The fourth-order valence-corrected chi connectivity index (χ4v) is 5.54. The van der Waals surface area contributed by atoms with Crippen LogP contribution < -0.4 is 10.1 Å². The number of anilines is 1. The van der Waals surface area contributed by atoms with Crippen molar-refractivity contribution in [2.45, 2.75) is 59.0 Å². The minimum absolute atomic E-state index is 0. The number of thiazole rings is 1. The van der Waals surface area contributed by atoms with E-state index in [1.54, 1.807) is 24.6 Å². The summed E-state index contributed by atoms with van der Waals surface area (Å²) in [6, 6.07) is 10.3. The quantitative estimate of drug-likeness (QED) is 0.270. The molecule has 1 N–H and O–H groups in total. The van der Waals surface area contributed by atoms with Gasteiger partial charge in [-0.1, -0.05) is 38.0 Å². The molecule has 0 aliphatic heterocycles. The lowest BCUT2D eigenvalue weighted by Gasteiger charge is -2.28. The number of nitrogens with zero attached hydrogens (tertiary/aromatic N) is 4. The molecule has 3 aromatic heterocycles. The van der Waals surface area contributed by atoms with Crippen molar-refractivity contribution in [3.8, 4) is 22.8 Å². The molecule has 1 fully saturated rings.